The van der Waals surface area contributed by atoms with Crippen LogP contribution in [0.15, 0.2) is 11.1 Å². The monoisotopic (exact) mass is 204 g/mol. The summed E-state index contributed by atoms with van der Waals surface area (Å²) < 4.78 is 0.111. The summed E-state index contributed by atoms with van der Waals surface area (Å²) in [6.45, 7) is 3.09. The molecule has 5 heteroatoms. The Hall–Kier alpha value is 1.19. The van der Waals surface area contributed by atoms with E-state index in [0.29, 0.717) is 0 Å². The molecule has 0 aromatic heterocycles. The first-order valence-electron chi connectivity index (χ1n) is 0.732. The van der Waals surface area contributed by atoms with E-state index >= 15 is 0 Å². The molecule has 0 aliphatic heterocycles. The van der Waals surface area contributed by atoms with Gasteiger partial charge in [-0.2, -0.15) is 0 Å². The van der Waals surface area contributed by atoms with Gasteiger partial charge in [-0.1, -0.05) is 29.8 Å². The fraction of sp³-hybridized carbons (Fsp3) is 0. The molecule has 0 fully saturated rings. The van der Waals surface area contributed by atoms with Gasteiger partial charge in [0.2, 0.25) is 0 Å². The maximum atomic E-state index is 4.85. The lowest BCUT2D eigenvalue weighted by Gasteiger charge is -1.57. The molecule has 0 N–H and O–H groups in total. The summed E-state index contributed by atoms with van der Waals surface area (Å²) in [7, 11) is 0. The molecule has 48 valence electrons. The molecule has 0 nitrogen and oxygen atoms in total. The zero-order valence-electron chi connectivity index (χ0n) is 3.19. The molecule has 0 radical (unpaired) electrons. The van der Waals surface area contributed by atoms with Gasteiger partial charge in [0.05, 0.1) is 4.49 Å². The average molecular weight is 206 g/mol. The van der Waals surface area contributed by atoms with Gasteiger partial charge in [-0.15, -0.1) is 37.2 Å². The standard InChI is InChI=1S/C2H2Cl2.3ClH/c1-2(3)4;;;/h1H2;3*1H. The maximum Gasteiger partial charge on any atom is 0.0992 e. The molecule has 0 atom stereocenters. The first-order valence-corrected chi connectivity index (χ1v) is 1.49. The van der Waals surface area contributed by atoms with Crippen LogP contribution in [0.2, 0.25) is 0 Å². The zero-order valence-corrected chi connectivity index (χ0v) is 7.15. The van der Waals surface area contributed by atoms with E-state index < -0.39 is 0 Å². The average Bonchev–Trinajstić information content (AvgIpc) is 0.811. The minimum Gasteiger partial charge on any atom is -0.147 e. The molecule has 0 unspecified atom stereocenters. The largest absolute Gasteiger partial charge is 0.147 e. The third-order valence-corrected chi connectivity index (χ3v) is 0. The Morgan fingerprint density at radius 2 is 1.00 bits per heavy atom. The molecule has 0 saturated heterocycles. The summed E-state index contributed by atoms with van der Waals surface area (Å²) in [6.07, 6.45) is 0. The molecule has 0 amide bonds. The molecule has 0 aromatic rings. The van der Waals surface area contributed by atoms with Gasteiger partial charge in [-0.25, -0.2) is 0 Å². The van der Waals surface area contributed by atoms with Crippen molar-refractivity contribution >= 4 is 60.4 Å². The highest BCUT2D eigenvalue weighted by atomic mass is 35.5. The van der Waals surface area contributed by atoms with Gasteiger partial charge in [0, 0.05) is 0 Å². The SMILES string of the molecule is C=C(Cl)Cl.Cl.Cl.Cl. The van der Waals surface area contributed by atoms with Crippen molar-refractivity contribution in [3.63, 3.8) is 0 Å². The first kappa shape index (κ1) is 24.1. The normalized spacial score (nSPS) is 3.71. The highest BCUT2D eigenvalue weighted by Crippen LogP contribution is 1.98. The van der Waals surface area contributed by atoms with E-state index in [1.165, 1.54) is 0 Å². The molecular weight excluding hydrogens is 201 g/mol. The Morgan fingerprint density at radius 1 is 1.00 bits per heavy atom. The molecule has 0 heterocycles. The summed E-state index contributed by atoms with van der Waals surface area (Å²) in [5, 5.41) is 0. The van der Waals surface area contributed by atoms with Gasteiger partial charge in [0.25, 0.3) is 0 Å². The van der Waals surface area contributed by atoms with E-state index in [1.807, 2.05) is 0 Å². The van der Waals surface area contributed by atoms with Crippen LogP contribution < -0.4 is 0 Å². The molecule has 0 saturated carbocycles. The Labute approximate surface area is 71.5 Å². The topological polar surface area (TPSA) is 0 Å². The van der Waals surface area contributed by atoms with Crippen LogP contribution in [0.25, 0.3) is 0 Å². The second-order valence-corrected chi connectivity index (χ2v) is 1.44. The minimum atomic E-state index is 0. The molecule has 0 aliphatic rings. The second kappa shape index (κ2) is 15.7. The number of rotatable bonds is 0. The molecule has 0 bridgehead atoms. The van der Waals surface area contributed by atoms with Gasteiger partial charge >= 0.3 is 0 Å². The van der Waals surface area contributed by atoms with E-state index in [0.717, 1.165) is 0 Å². The van der Waals surface area contributed by atoms with Crippen molar-refractivity contribution in [1.82, 2.24) is 0 Å². The maximum absolute atomic E-state index is 4.85. The third-order valence-electron chi connectivity index (χ3n) is 0. The third kappa shape index (κ3) is 137. The molecule has 0 aliphatic carbocycles. The lowest BCUT2D eigenvalue weighted by molar-refractivity contribution is 2.45. The quantitative estimate of drug-likeness (QED) is 0.571. The van der Waals surface area contributed by atoms with Crippen LogP contribution in [-0.2, 0) is 0 Å². The van der Waals surface area contributed by atoms with E-state index in [9.17, 15) is 0 Å². The van der Waals surface area contributed by atoms with Crippen LogP contribution in [0.3, 0.4) is 0 Å². The summed E-state index contributed by atoms with van der Waals surface area (Å²) >= 11 is 9.69. The van der Waals surface area contributed by atoms with Crippen molar-refractivity contribution in [3.8, 4) is 0 Å². The van der Waals surface area contributed by atoms with Gasteiger partial charge in [0.1, 0.15) is 0 Å². The number of hydrogen-bond acceptors (Lipinski definition) is 0. The first-order chi connectivity index (χ1) is 1.73. The van der Waals surface area contributed by atoms with Crippen molar-refractivity contribution in [1.29, 1.82) is 0 Å². The number of halogens is 5. The highest BCUT2D eigenvalue weighted by Gasteiger charge is 1.60. The zero-order chi connectivity index (χ0) is 3.58. The van der Waals surface area contributed by atoms with Crippen LogP contribution >= 0.6 is 60.4 Å². The van der Waals surface area contributed by atoms with Crippen LogP contribution in [0, 0.1) is 0 Å². The van der Waals surface area contributed by atoms with Gasteiger partial charge in [0.15, 0.2) is 0 Å². The van der Waals surface area contributed by atoms with E-state index in [4.69, 9.17) is 23.2 Å². The Bertz CT molecular complexity index is 29.1. The van der Waals surface area contributed by atoms with Crippen molar-refractivity contribution < 1.29 is 0 Å². The smallest absolute Gasteiger partial charge is 0.0992 e. The van der Waals surface area contributed by atoms with Crippen LogP contribution in [0.5, 0.6) is 0 Å². The minimum absolute atomic E-state index is 0. The molecule has 0 rings (SSSR count). The van der Waals surface area contributed by atoms with Crippen LogP contribution in [0.4, 0.5) is 0 Å². The van der Waals surface area contributed by atoms with Crippen molar-refractivity contribution in [2.45, 2.75) is 0 Å². The highest BCUT2D eigenvalue weighted by molar-refractivity contribution is 6.55. The van der Waals surface area contributed by atoms with Crippen LogP contribution in [-0.4, -0.2) is 0 Å². The van der Waals surface area contributed by atoms with Crippen LogP contribution in [0.1, 0.15) is 0 Å². The Morgan fingerprint density at radius 3 is 1.00 bits per heavy atom. The molecule has 7 heavy (non-hydrogen) atoms. The summed E-state index contributed by atoms with van der Waals surface area (Å²) in [5.41, 5.74) is 0. The van der Waals surface area contributed by atoms with E-state index in [1.54, 1.807) is 0 Å². The lowest BCUT2D eigenvalue weighted by Crippen LogP contribution is -1.24. The van der Waals surface area contributed by atoms with E-state index in [-0.39, 0.29) is 41.7 Å². The Kier molecular flexibility index (Phi) is 54.1. The second-order valence-electron chi connectivity index (χ2n) is 0.339. The van der Waals surface area contributed by atoms with Crippen molar-refractivity contribution in [3.05, 3.63) is 11.1 Å². The summed E-state index contributed by atoms with van der Waals surface area (Å²) in [5.74, 6) is 0. The predicted molar refractivity (Wildman–Crippen MR) is 42.6 cm³/mol. The van der Waals surface area contributed by atoms with Gasteiger partial charge < -0.3 is 0 Å². The molecular formula is C2H5Cl5. The molecule has 0 spiro atoms. The van der Waals surface area contributed by atoms with Crippen molar-refractivity contribution in [2.75, 3.05) is 0 Å². The van der Waals surface area contributed by atoms with Gasteiger partial charge in [-0.3, -0.25) is 0 Å². The summed E-state index contributed by atoms with van der Waals surface area (Å²) in [6, 6.07) is 0. The fourth-order valence-electron chi connectivity index (χ4n) is 0. The van der Waals surface area contributed by atoms with Crippen molar-refractivity contribution in [2.24, 2.45) is 0 Å². The van der Waals surface area contributed by atoms with Gasteiger partial charge in [-0.05, 0) is 0 Å². The molecule has 0 aromatic carbocycles. The lowest BCUT2D eigenvalue weighted by atomic mass is 11.3. The predicted octanol–water partition coefficient (Wildman–Crippen LogP) is 3.20. The Balaban J connectivity index is -0.0000000150. The summed E-state index contributed by atoms with van der Waals surface area (Å²) in [4.78, 5) is 0. The number of hydrogen-bond donors (Lipinski definition) is 0. The van der Waals surface area contributed by atoms with E-state index in [2.05, 4.69) is 6.58 Å². The fourth-order valence-corrected chi connectivity index (χ4v) is 0.